The summed E-state index contributed by atoms with van der Waals surface area (Å²) in [6.07, 6.45) is 3.54. The lowest BCUT2D eigenvalue weighted by atomic mass is 10.2. The van der Waals surface area contributed by atoms with Crippen LogP contribution in [0, 0.1) is 11.6 Å². The molecular weight excluding hydrogens is 272 g/mol. The number of hydrogen-bond acceptors (Lipinski definition) is 2. The van der Waals surface area contributed by atoms with E-state index in [9.17, 15) is 8.78 Å². The number of aromatic nitrogens is 2. The molecule has 0 amide bonds. The second-order valence-electron chi connectivity index (χ2n) is 4.57. The largest absolute Gasteiger partial charge is 0.381 e. The van der Waals surface area contributed by atoms with Gasteiger partial charge < -0.3 is 5.32 Å². The highest BCUT2D eigenvalue weighted by Gasteiger charge is 2.07. The predicted octanol–water partition coefficient (Wildman–Crippen LogP) is 3.76. The van der Waals surface area contributed by atoms with Gasteiger partial charge in [-0.25, -0.2) is 13.5 Å². The zero-order chi connectivity index (χ0) is 14.7. The van der Waals surface area contributed by atoms with E-state index in [0.29, 0.717) is 5.56 Å². The Balaban J connectivity index is 1.77. The molecule has 0 saturated heterocycles. The Morgan fingerprint density at radius 1 is 1.05 bits per heavy atom. The van der Waals surface area contributed by atoms with Crippen molar-refractivity contribution in [2.45, 2.75) is 6.54 Å². The maximum absolute atomic E-state index is 13.6. The summed E-state index contributed by atoms with van der Waals surface area (Å²) < 4.78 is 28.4. The Hall–Kier alpha value is -2.69. The van der Waals surface area contributed by atoms with Crippen molar-refractivity contribution in [2.24, 2.45) is 0 Å². The van der Waals surface area contributed by atoms with Crippen LogP contribution in [0.4, 0.5) is 14.5 Å². The van der Waals surface area contributed by atoms with Crippen LogP contribution < -0.4 is 5.32 Å². The summed E-state index contributed by atoms with van der Waals surface area (Å²) in [5, 5.41) is 7.23. The van der Waals surface area contributed by atoms with Crippen molar-refractivity contribution < 1.29 is 8.78 Å². The first kappa shape index (κ1) is 13.3. The van der Waals surface area contributed by atoms with E-state index >= 15 is 0 Å². The molecule has 3 aromatic rings. The first-order chi connectivity index (χ1) is 10.2. The van der Waals surface area contributed by atoms with Gasteiger partial charge >= 0.3 is 0 Å². The van der Waals surface area contributed by atoms with Crippen LogP contribution in [-0.4, -0.2) is 9.78 Å². The Kier molecular flexibility index (Phi) is 3.64. The number of benzene rings is 2. The summed E-state index contributed by atoms with van der Waals surface area (Å²) in [7, 11) is 0. The maximum Gasteiger partial charge on any atom is 0.163 e. The summed E-state index contributed by atoms with van der Waals surface area (Å²) in [5.74, 6) is -1.65. The number of halogens is 2. The molecule has 0 saturated carbocycles. The SMILES string of the molecule is Fc1cccc(CNc2cccc(-n3cccn3)c2)c1F. The van der Waals surface area contributed by atoms with Gasteiger partial charge in [0.05, 0.1) is 5.69 Å². The maximum atomic E-state index is 13.6. The van der Waals surface area contributed by atoms with Crippen molar-refractivity contribution >= 4 is 5.69 Å². The van der Waals surface area contributed by atoms with Crippen LogP contribution in [0.2, 0.25) is 0 Å². The summed E-state index contributed by atoms with van der Waals surface area (Å²) >= 11 is 0. The van der Waals surface area contributed by atoms with Gasteiger partial charge in [-0.1, -0.05) is 18.2 Å². The van der Waals surface area contributed by atoms with E-state index in [1.165, 1.54) is 6.07 Å². The number of anilines is 1. The van der Waals surface area contributed by atoms with Gasteiger partial charge in [0.15, 0.2) is 11.6 Å². The van der Waals surface area contributed by atoms with E-state index in [4.69, 9.17) is 0 Å². The first-order valence-electron chi connectivity index (χ1n) is 6.51. The number of nitrogens with one attached hydrogen (secondary N) is 1. The molecule has 1 aromatic heterocycles. The van der Waals surface area contributed by atoms with Crippen molar-refractivity contribution in [3.63, 3.8) is 0 Å². The smallest absolute Gasteiger partial charge is 0.163 e. The highest BCUT2D eigenvalue weighted by atomic mass is 19.2. The van der Waals surface area contributed by atoms with Crippen LogP contribution in [-0.2, 0) is 6.54 Å². The third kappa shape index (κ3) is 2.91. The molecule has 3 rings (SSSR count). The van der Waals surface area contributed by atoms with Crippen LogP contribution in [0.15, 0.2) is 60.9 Å². The second-order valence-corrected chi connectivity index (χ2v) is 4.57. The molecule has 3 nitrogen and oxygen atoms in total. The van der Waals surface area contributed by atoms with Gasteiger partial charge in [0.1, 0.15) is 0 Å². The van der Waals surface area contributed by atoms with Gasteiger partial charge in [-0.15, -0.1) is 0 Å². The lowest BCUT2D eigenvalue weighted by Gasteiger charge is -2.09. The number of nitrogens with zero attached hydrogens (tertiary/aromatic N) is 2. The van der Waals surface area contributed by atoms with Gasteiger partial charge in [0, 0.05) is 30.2 Å². The van der Waals surface area contributed by atoms with Gasteiger partial charge in [-0.05, 0) is 30.3 Å². The van der Waals surface area contributed by atoms with Crippen LogP contribution >= 0.6 is 0 Å². The Morgan fingerprint density at radius 2 is 1.90 bits per heavy atom. The zero-order valence-electron chi connectivity index (χ0n) is 11.1. The van der Waals surface area contributed by atoms with Crippen molar-refractivity contribution in [1.82, 2.24) is 9.78 Å². The number of hydrogen-bond donors (Lipinski definition) is 1. The van der Waals surface area contributed by atoms with Crippen LogP contribution in [0.5, 0.6) is 0 Å². The zero-order valence-corrected chi connectivity index (χ0v) is 11.1. The minimum atomic E-state index is -0.834. The van der Waals surface area contributed by atoms with Crippen molar-refractivity contribution in [3.8, 4) is 5.69 Å². The molecule has 5 heteroatoms. The Bertz CT molecular complexity index is 739. The van der Waals surface area contributed by atoms with E-state index in [0.717, 1.165) is 17.4 Å². The molecule has 0 fully saturated rings. The third-order valence-corrected chi connectivity index (χ3v) is 3.13. The monoisotopic (exact) mass is 285 g/mol. The van der Waals surface area contributed by atoms with Gasteiger partial charge in [-0.2, -0.15) is 5.10 Å². The normalized spacial score (nSPS) is 10.6. The average Bonchev–Trinajstić information content (AvgIpc) is 3.03. The van der Waals surface area contributed by atoms with E-state index in [1.54, 1.807) is 16.9 Å². The lowest BCUT2D eigenvalue weighted by Crippen LogP contribution is -2.04. The van der Waals surface area contributed by atoms with E-state index in [-0.39, 0.29) is 6.54 Å². The molecule has 0 aliphatic rings. The highest BCUT2D eigenvalue weighted by Crippen LogP contribution is 2.17. The number of rotatable bonds is 4. The minimum Gasteiger partial charge on any atom is -0.381 e. The molecule has 2 aromatic carbocycles. The van der Waals surface area contributed by atoms with Gasteiger partial charge in [0.2, 0.25) is 0 Å². The molecule has 0 bridgehead atoms. The molecule has 0 radical (unpaired) electrons. The quantitative estimate of drug-likeness (QED) is 0.791. The molecule has 0 spiro atoms. The molecule has 0 aliphatic heterocycles. The van der Waals surface area contributed by atoms with E-state index in [1.807, 2.05) is 36.5 Å². The fourth-order valence-electron chi connectivity index (χ4n) is 2.06. The molecule has 0 aliphatic carbocycles. The van der Waals surface area contributed by atoms with Crippen molar-refractivity contribution in [2.75, 3.05) is 5.32 Å². The Morgan fingerprint density at radius 3 is 2.71 bits per heavy atom. The molecular formula is C16H13F2N3. The molecule has 106 valence electrons. The standard InChI is InChI=1S/C16H13F2N3/c17-15-7-1-4-12(16(15)18)11-19-13-5-2-6-14(10-13)21-9-3-8-20-21/h1-10,19H,11H2. The molecule has 21 heavy (non-hydrogen) atoms. The highest BCUT2D eigenvalue weighted by molar-refractivity contribution is 5.51. The molecule has 0 unspecified atom stereocenters. The molecule has 0 atom stereocenters. The average molecular weight is 285 g/mol. The Labute approximate surface area is 120 Å². The summed E-state index contributed by atoms with van der Waals surface area (Å²) in [6, 6.07) is 13.5. The first-order valence-corrected chi connectivity index (χ1v) is 6.51. The second kappa shape index (κ2) is 5.75. The van der Waals surface area contributed by atoms with E-state index < -0.39 is 11.6 Å². The van der Waals surface area contributed by atoms with Crippen molar-refractivity contribution in [1.29, 1.82) is 0 Å². The third-order valence-electron chi connectivity index (χ3n) is 3.13. The van der Waals surface area contributed by atoms with Gasteiger partial charge in [0.25, 0.3) is 0 Å². The van der Waals surface area contributed by atoms with Crippen molar-refractivity contribution in [3.05, 3.63) is 78.1 Å². The topological polar surface area (TPSA) is 29.9 Å². The molecule has 1 heterocycles. The minimum absolute atomic E-state index is 0.214. The summed E-state index contributed by atoms with van der Waals surface area (Å²) in [5.41, 5.74) is 2.00. The predicted molar refractivity (Wildman–Crippen MR) is 77.2 cm³/mol. The summed E-state index contributed by atoms with van der Waals surface area (Å²) in [6.45, 7) is 0.214. The van der Waals surface area contributed by atoms with E-state index in [2.05, 4.69) is 10.4 Å². The fourth-order valence-corrected chi connectivity index (χ4v) is 2.06. The lowest BCUT2D eigenvalue weighted by molar-refractivity contribution is 0.500. The van der Waals surface area contributed by atoms with Crippen LogP contribution in [0.25, 0.3) is 5.69 Å². The van der Waals surface area contributed by atoms with Crippen LogP contribution in [0.3, 0.4) is 0 Å². The van der Waals surface area contributed by atoms with Gasteiger partial charge in [-0.3, -0.25) is 0 Å². The molecule has 1 N–H and O–H groups in total. The summed E-state index contributed by atoms with van der Waals surface area (Å²) in [4.78, 5) is 0. The van der Waals surface area contributed by atoms with Crippen LogP contribution in [0.1, 0.15) is 5.56 Å². The fraction of sp³-hybridized carbons (Fsp3) is 0.0625.